The van der Waals surface area contributed by atoms with Crippen LogP contribution in [0, 0.1) is 13.8 Å². The van der Waals surface area contributed by atoms with Crippen molar-refractivity contribution < 1.29 is 19.1 Å². The highest BCUT2D eigenvalue weighted by atomic mass is 79.9. The van der Waals surface area contributed by atoms with Crippen LogP contribution in [0.4, 0.5) is 23.3 Å². The van der Waals surface area contributed by atoms with Gasteiger partial charge >= 0.3 is 11.9 Å². The minimum Gasteiger partial charge on any atom is -0.465 e. The third kappa shape index (κ3) is 15.2. The van der Waals surface area contributed by atoms with Gasteiger partial charge in [-0.1, -0.05) is 81.7 Å². The molecular formula is C53H64BrN13O4S2. The molecule has 0 fully saturated rings. The van der Waals surface area contributed by atoms with Crippen LogP contribution in [0.5, 0.6) is 0 Å². The van der Waals surface area contributed by atoms with Crippen molar-refractivity contribution in [2.75, 3.05) is 24.9 Å². The molecule has 0 bridgehead atoms. The molecule has 4 N–H and O–H groups in total. The number of aryl methyl sites for hydroxylation is 6. The van der Waals surface area contributed by atoms with Crippen LogP contribution in [0.2, 0.25) is 0 Å². The summed E-state index contributed by atoms with van der Waals surface area (Å²) in [6.45, 7) is 17.3. The van der Waals surface area contributed by atoms with Crippen molar-refractivity contribution in [3.05, 3.63) is 139 Å². The first-order chi connectivity index (χ1) is 34.7. The first-order valence-electron chi connectivity index (χ1n) is 23.5. The van der Waals surface area contributed by atoms with Crippen LogP contribution in [0.25, 0.3) is 22.5 Å². The number of esters is 2. The van der Waals surface area contributed by atoms with Gasteiger partial charge in [-0.05, 0) is 79.6 Å². The lowest BCUT2D eigenvalue weighted by Gasteiger charge is -2.13. The molecule has 8 rings (SSSR count). The largest absolute Gasteiger partial charge is 0.465 e. The van der Waals surface area contributed by atoms with E-state index in [9.17, 15) is 9.59 Å². The summed E-state index contributed by atoms with van der Waals surface area (Å²) in [5.74, 6) is 0.464. The Kier molecular flexibility index (Phi) is 18.9. The molecule has 0 saturated carbocycles. The van der Waals surface area contributed by atoms with Gasteiger partial charge in [-0.25, -0.2) is 39.5 Å². The fourth-order valence-corrected chi connectivity index (χ4v) is 9.90. The number of hydrogen-bond donors (Lipinski definition) is 3. The molecule has 2 aromatic carbocycles. The van der Waals surface area contributed by atoms with E-state index in [1.165, 1.54) is 53.6 Å². The Hall–Kier alpha value is -6.74. The highest BCUT2D eigenvalue weighted by molar-refractivity contribution is 9.08. The number of rotatable bonds is 14. The average molecular weight is 1090 g/mol. The molecule has 0 aliphatic carbocycles. The summed E-state index contributed by atoms with van der Waals surface area (Å²) < 4.78 is 13.2. The van der Waals surface area contributed by atoms with Gasteiger partial charge in [0.05, 0.1) is 70.8 Å². The Labute approximate surface area is 443 Å². The van der Waals surface area contributed by atoms with Gasteiger partial charge in [0.15, 0.2) is 0 Å². The normalized spacial score (nSPS) is 11.3. The van der Waals surface area contributed by atoms with Gasteiger partial charge in [-0.3, -0.25) is 9.36 Å². The summed E-state index contributed by atoms with van der Waals surface area (Å²) in [4.78, 5) is 52.0. The topological polar surface area (TPSA) is 216 Å². The second-order valence-electron chi connectivity index (χ2n) is 19.1. The summed E-state index contributed by atoms with van der Waals surface area (Å²) in [5, 5.41) is 17.1. The van der Waals surface area contributed by atoms with Crippen molar-refractivity contribution in [1.82, 2.24) is 49.5 Å². The van der Waals surface area contributed by atoms with Crippen LogP contribution in [-0.4, -0.2) is 75.6 Å². The molecule has 6 heterocycles. The molecule has 6 aromatic heterocycles. The second kappa shape index (κ2) is 24.8. The van der Waals surface area contributed by atoms with Crippen LogP contribution in [-0.2, 0) is 59.1 Å². The Morgan fingerprint density at radius 1 is 0.658 bits per heavy atom. The van der Waals surface area contributed by atoms with E-state index in [0.717, 1.165) is 80.1 Å². The minimum atomic E-state index is -0.308. The number of hydrogen-bond acceptors (Lipinski definition) is 17. The number of alkyl halides is 1. The maximum absolute atomic E-state index is 12.3. The number of nitrogens with two attached hydrogens (primary N) is 1. The molecular weight excluding hydrogens is 1030 g/mol. The summed E-state index contributed by atoms with van der Waals surface area (Å²) in [6, 6.07) is 16.4. The van der Waals surface area contributed by atoms with Gasteiger partial charge in [0.25, 0.3) is 0 Å². The van der Waals surface area contributed by atoms with E-state index in [1.54, 1.807) is 34.2 Å². The molecule has 0 radical (unpaired) electrons. The number of carbonyl (C=O) groups is 2. The van der Waals surface area contributed by atoms with E-state index in [4.69, 9.17) is 20.2 Å². The number of aromatic nitrogens is 10. The Morgan fingerprint density at radius 3 is 1.51 bits per heavy atom. The first-order valence-corrected chi connectivity index (χ1v) is 26.2. The zero-order chi connectivity index (χ0) is 53.0. The fraction of sp³-hybridized carbons (Fsp3) is 0.358. The zero-order valence-electron chi connectivity index (χ0n) is 43.5. The smallest absolute Gasteiger partial charge is 0.350 e. The number of benzene rings is 2. The van der Waals surface area contributed by atoms with Gasteiger partial charge in [0.1, 0.15) is 9.75 Å². The monoisotopic (exact) mass is 1090 g/mol. The molecule has 384 valence electrons. The van der Waals surface area contributed by atoms with Crippen molar-refractivity contribution in [2.24, 2.45) is 19.8 Å². The summed E-state index contributed by atoms with van der Waals surface area (Å²) >= 11 is 6.17. The van der Waals surface area contributed by atoms with Gasteiger partial charge in [-0.2, -0.15) is 10.2 Å². The second-order valence-corrected chi connectivity index (χ2v) is 21.7. The number of thiazole rings is 2. The predicted molar refractivity (Wildman–Crippen MR) is 294 cm³/mol. The van der Waals surface area contributed by atoms with Crippen molar-refractivity contribution in [2.45, 2.75) is 97.4 Å². The number of halogens is 1. The summed E-state index contributed by atoms with van der Waals surface area (Å²) in [7, 11) is 6.54. The van der Waals surface area contributed by atoms with E-state index in [1.807, 2.05) is 50.8 Å². The maximum Gasteiger partial charge on any atom is 0.350 e. The molecule has 0 saturated heterocycles. The van der Waals surface area contributed by atoms with Crippen LogP contribution in [0.15, 0.2) is 85.7 Å². The van der Waals surface area contributed by atoms with Crippen LogP contribution in [0.3, 0.4) is 0 Å². The SMILES string of the molecule is COC(=O)c1sc(C(C)(C)C)nc1CBr.COC(=O)c1sc(C(C)(C)C)nc1CCCc1ccc(-c2ccnc(Nc3cnn(C)c3)n2)cc1C.Cc1cc(-c2ccnc(Nc3cnn(C)c3)n2)ccc1CN. The third-order valence-electron chi connectivity index (χ3n) is 11.1. The summed E-state index contributed by atoms with van der Waals surface area (Å²) in [6.07, 6.45) is 13.2. The molecule has 8 aromatic rings. The van der Waals surface area contributed by atoms with Gasteiger partial charge in [0, 0.05) is 72.7 Å². The Bertz CT molecular complexity index is 3150. The van der Waals surface area contributed by atoms with Gasteiger partial charge in [0.2, 0.25) is 11.9 Å². The van der Waals surface area contributed by atoms with E-state index in [0.29, 0.717) is 33.5 Å². The molecule has 0 atom stereocenters. The number of nitrogens with one attached hydrogen (secondary N) is 2. The van der Waals surface area contributed by atoms with E-state index in [2.05, 4.69) is 141 Å². The Balaban J connectivity index is 0.000000199. The molecule has 0 amide bonds. The lowest BCUT2D eigenvalue weighted by molar-refractivity contribution is 0.0596. The Morgan fingerprint density at radius 2 is 1.11 bits per heavy atom. The first kappa shape index (κ1) is 55.6. The van der Waals surface area contributed by atoms with Crippen molar-refractivity contribution in [1.29, 1.82) is 0 Å². The van der Waals surface area contributed by atoms with Crippen LogP contribution in [0.1, 0.15) is 111 Å². The standard InChI is InChI=1S/C27H32N6O2S.C16H18N6.C10H14BrNO2S/c1-17-14-19(21-12-13-28-26(32-21)30-20-15-29-33(5)16-20)11-10-18(17)8-7-9-22-23(24(34)35-6)36-25(31-22)27(2,3)4;1-11-7-12(3-4-13(11)8-17)15-5-6-18-16(21-15)20-14-9-19-22(2)10-14;1-10(2,3)9-12-6(5-11)7(15-9)8(13)14-4/h10-16H,7-9H2,1-6H3,(H,28,30,32);3-7,9-10H,8,17H2,1-2H3,(H,18,20,21);5H2,1-4H3. The molecule has 0 aliphatic heterocycles. The van der Waals surface area contributed by atoms with Crippen molar-refractivity contribution >= 4 is 73.8 Å². The van der Waals surface area contributed by atoms with Gasteiger partial charge < -0.3 is 25.8 Å². The number of anilines is 4. The van der Waals surface area contributed by atoms with E-state index >= 15 is 0 Å². The summed E-state index contributed by atoms with van der Waals surface area (Å²) in [5.41, 5.74) is 17.5. The van der Waals surface area contributed by atoms with Crippen LogP contribution >= 0.6 is 38.6 Å². The number of methoxy groups -OCH3 is 2. The predicted octanol–water partition coefficient (Wildman–Crippen LogP) is 11.2. The third-order valence-corrected chi connectivity index (χ3v) is 14.7. The van der Waals surface area contributed by atoms with E-state index in [-0.39, 0.29) is 22.8 Å². The highest BCUT2D eigenvalue weighted by Gasteiger charge is 2.26. The van der Waals surface area contributed by atoms with Crippen molar-refractivity contribution in [3.63, 3.8) is 0 Å². The minimum absolute atomic E-state index is 0.0339. The van der Waals surface area contributed by atoms with Gasteiger partial charge in [-0.15, -0.1) is 22.7 Å². The number of ether oxygens (including phenoxy) is 2. The van der Waals surface area contributed by atoms with Crippen LogP contribution < -0.4 is 16.4 Å². The van der Waals surface area contributed by atoms with E-state index < -0.39 is 0 Å². The molecule has 0 spiro atoms. The number of carbonyl (C=O) groups excluding carboxylic acids is 2. The number of nitrogens with zero attached hydrogens (tertiary/aromatic N) is 10. The lowest BCUT2D eigenvalue weighted by Crippen LogP contribution is -2.10. The molecule has 73 heavy (non-hydrogen) atoms. The lowest BCUT2D eigenvalue weighted by atomic mass is 9.97. The molecule has 20 heteroatoms. The quantitative estimate of drug-likeness (QED) is 0.0682. The zero-order valence-corrected chi connectivity index (χ0v) is 46.7. The van der Waals surface area contributed by atoms with Crippen molar-refractivity contribution in [3.8, 4) is 22.5 Å². The highest BCUT2D eigenvalue weighted by Crippen LogP contribution is 2.33. The average Bonchev–Trinajstić information content (AvgIpc) is 4.19. The molecule has 0 unspecified atom stereocenters. The molecule has 17 nitrogen and oxygen atoms in total. The molecule has 0 aliphatic rings. The fourth-order valence-electron chi connectivity index (χ4n) is 7.16. The maximum atomic E-state index is 12.3.